The zero-order chi connectivity index (χ0) is 18.4. The minimum absolute atomic E-state index is 0.0964. The van der Waals surface area contributed by atoms with Crippen LogP contribution in [0.3, 0.4) is 0 Å². The van der Waals surface area contributed by atoms with E-state index >= 15 is 0 Å². The summed E-state index contributed by atoms with van der Waals surface area (Å²) >= 11 is 0. The van der Waals surface area contributed by atoms with Crippen LogP contribution in [0.1, 0.15) is 33.1 Å². The molecule has 1 aromatic carbocycles. The fourth-order valence-electron chi connectivity index (χ4n) is 2.53. The number of nitrogens with one attached hydrogen (secondary N) is 2. The largest absolute Gasteiger partial charge is 0.497 e. The van der Waals surface area contributed by atoms with Gasteiger partial charge in [0.15, 0.2) is 0 Å². The Morgan fingerprint density at radius 2 is 2.00 bits per heavy atom. The van der Waals surface area contributed by atoms with E-state index in [4.69, 9.17) is 4.74 Å². The Labute approximate surface area is 147 Å². The Kier molecular flexibility index (Phi) is 6.38. The predicted octanol–water partition coefficient (Wildman–Crippen LogP) is 2.24. The molecule has 0 atom stereocenters. The van der Waals surface area contributed by atoms with Gasteiger partial charge in [0, 0.05) is 37.9 Å². The highest BCUT2D eigenvalue weighted by molar-refractivity contribution is 6.00. The van der Waals surface area contributed by atoms with E-state index in [1.165, 1.54) is 7.11 Å². The lowest BCUT2D eigenvalue weighted by molar-refractivity contribution is -0.128. The van der Waals surface area contributed by atoms with Crippen LogP contribution in [0.2, 0.25) is 0 Å². The van der Waals surface area contributed by atoms with Crippen molar-refractivity contribution in [3.63, 3.8) is 0 Å². The summed E-state index contributed by atoms with van der Waals surface area (Å²) in [6, 6.07) is 5.07. The molecule has 0 aromatic heterocycles. The highest BCUT2D eigenvalue weighted by atomic mass is 16.5. The lowest BCUT2D eigenvalue weighted by Gasteiger charge is -2.17. The summed E-state index contributed by atoms with van der Waals surface area (Å²) in [6.07, 6.45) is 1.62. The van der Waals surface area contributed by atoms with E-state index in [0.717, 1.165) is 6.42 Å². The fourth-order valence-corrected chi connectivity index (χ4v) is 2.53. The Bertz CT molecular complexity index is 658. The van der Waals surface area contributed by atoms with E-state index in [9.17, 15) is 14.4 Å². The fraction of sp³-hybridized carbons (Fsp3) is 0.500. The van der Waals surface area contributed by atoms with Crippen LogP contribution in [-0.2, 0) is 14.4 Å². The molecule has 1 aliphatic rings. The SMILES string of the molecule is COc1ccc(NC(=O)C(C)C)c(NC(=O)CCN2CCCC2=O)c1. The van der Waals surface area contributed by atoms with Crippen LogP contribution in [0.4, 0.5) is 11.4 Å². The number of likely N-dealkylation sites (tertiary alicyclic amines) is 1. The molecule has 1 saturated heterocycles. The second kappa shape index (κ2) is 8.50. The van der Waals surface area contributed by atoms with Gasteiger partial charge in [0.1, 0.15) is 5.75 Å². The molecule has 1 heterocycles. The van der Waals surface area contributed by atoms with Gasteiger partial charge in [-0.2, -0.15) is 0 Å². The van der Waals surface area contributed by atoms with Crippen molar-refractivity contribution in [2.45, 2.75) is 33.1 Å². The number of rotatable bonds is 7. The first kappa shape index (κ1) is 18.8. The number of hydrogen-bond donors (Lipinski definition) is 2. The number of carbonyl (C=O) groups excluding carboxylic acids is 3. The Morgan fingerprint density at radius 3 is 2.60 bits per heavy atom. The van der Waals surface area contributed by atoms with E-state index in [2.05, 4.69) is 10.6 Å². The molecule has 7 heteroatoms. The van der Waals surface area contributed by atoms with Gasteiger partial charge < -0.3 is 20.3 Å². The first-order valence-corrected chi connectivity index (χ1v) is 8.47. The van der Waals surface area contributed by atoms with Gasteiger partial charge in [-0.15, -0.1) is 0 Å². The van der Waals surface area contributed by atoms with Crippen molar-refractivity contribution < 1.29 is 19.1 Å². The number of nitrogens with zero attached hydrogens (tertiary/aromatic N) is 1. The summed E-state index contributed by atoms with van der Waals surface area (Å²) in [6.45, 7) is 4.71. The maximum atomic E-state index is 12.2. The number of ether oxygens (including phenoxy) is 1. The van der Waals surface area contributed by atoms with E-state index in [-0.39, 0.29) is 30.1 Å². The number of hydrogen-bond acceptors (Lipinski definition) is 4. The van der Waals surface area contributed by atoms with E-state index in [1.807, 2.05) is 0 Å². The summed E-state index contributed by atoms with van der Waals surface area (Å²) in [5.74, 6) is 0.148. The molecule has 2 N–H and O–H groups in total. The minimum atomic E-state index is -0.215. The average Bonchev–Trinajstić information content (AvgIpc) is 2.99. The van der Waals surface area contributed by atoms with Gasteiger partial charge in [-0.25, -0.2) is 0 Å². The normalized spacial score (nSPS) is 13.9. The molecular formula is C18H25N3O4. The van der Waals surface area contributed by atoms with E-state index < -0.39 is 0 Å². The molecule has 1 aliphatic heterocycles. The van der Waals surface area contributed by atoms with Gasteiger partial charge in [0.25, 0.3) is 0 Å². The monoisotopic (exact) mass is 347 g/mol. The molecule has 7 nitrogen and oxygen atoms in total. The van der Waals surface area contributed by atoms with Crippen LogP contribution in [-0.4, -0.2) is 42.8 Å². The van der Waals surface area contributed by atoms with Crippen LogP contribution in [0, 0.1) is 5.92 Å². The van der Waals surface area contributed by atoms with E-state index in [0.29, 0.717) is 36.6 Å². The topological polar surface area (TPSA) is 87.7 Å². The molecule has 3 amide bonds. The number of methoxy groups -OCH3 is 1. The number of benzene rings is 1. The van der Waals surface area contributed by atoms with Gasteiger partial charge in [-0.05, 0) is 18.6 Å². The quantitative estimate of drug-likeness (QED) is 0.792. The smallest absolute Gasteiger partial charge is 0.226 e. The van der Waals surface area contributed by atoms with Crippen molar-refractivity contribution in [3.8, 4) is 5.75 Å². The van der Waals surface area contributed by atoms with Gasteiger partial charge in [0.2, 0.25) is 17.7 Å². The van der Waals surface area contributed by atoms with Crippen LogP contribution >= 0.6 is 0 Å². The van der Waals surface area contributed by atoms with Gasteiger partial charge in [-0.1, -0.05) is 13.8 Å². The number of amides is 3. The molecule has 0 bridgehead atoms. The van der Waals surface area contributed by atoms with Crippen LogP contribution < -0.4 is 15.4 Å². The molecule has 136 valence electrons. The summed E-state index contributed by atoms with van der Waals surface area (Å²) < 4.78 is 5.18. The highest BCUT2D eigenvalue weighted by Gasteiger charge is 2.21. The molecule has 0 saturated carbocycles. The Balaban J connectivity index is 2.03. The zero-order valence-electron chi connectivity index (χ0n) is 14.9. The zero-order valence-corrected chi connectivity index (χ0v) is 14.9. The third kappa shape index (κ3) is 5.20. The second-order valence-electron chi connectivity index (χ2n) is 6.34. The molecule has 1 aromatic rings. The van der Waals surface area contributed by atoms with Crippen molar-refractivity contribution >= 4 is 29.1 Å². The van der Waals surface area contributed by atoms with Gasteiger partial charge in [-0.3, -0.25) is 14.4 Å². The molecular weight excluding hydrogens is 322 g/mol. The van der Waals surface area contributed by atoms with Crippen molar-refractivity contribution in [1.82, 2.24) is 4.90 Å². The Hall–Kier alpha value is -2.57. The molecule has 25 heavy (non-hydrogen) atoms. The number of anilines is 2. The summed E-state index contributed by atoms with van der Waals surface area (Å²) in [4.78, 5) is 37.5. The highest BCUT2D eigenvalue weighted by Crippen LogP contribution is 2.27. The molecule has 0 aliphatic carbocycles. The minimum Gasteiger partial charge on any atom is -0.497 e. The molecule has 0 radical (unpaired) electrons. The van der Waals surface area contributed by atoms with Gasteiger partial charge >= 0.3 is 0 Å². The average molecular weight is 347 g/mol. The molecule has 0 spiro atoms. The first-order chi connectivity index (χ1) is 11.9. The summed E-state index contributed by atoms with van der Waals surface area (Å²) in [5.41, 5.74) is 0.996. The summed E-state index contributed by atoms with van der Waals surface area (Å²) in [5, 5.41) is 5.59. The lowest BCUT2D eigenvalue weighted by Crippen LogP contribution is -2.29. The van der Waals surface area contributed by atoms with Crippen LogP contribution in [0.25, 0.3) is 0 Å². The lowest BCUT2D eigenvalue weighted by atomic mass is 10.2. The molecule has 2 rings (SSSR count). The standard InChI is InChI=1S/C18H25N3O4/c1-12(2)18(24)20-14-7-6-13(25-3)11-15(14)19-16(22)8-10-21-9-4-5-17(21)23/h6-7,11-12H,4-5,8-10H2,1-3H3,(H,19,22)(H,20,24). The first-order valence-electron chi connectivity index (χ1n) is 8.47. The van der Waals surface area contributed by atoms with Crippen LogP contribution in [0.15, 0.2) is 18.2 Å². The van der Waals surface area contributed by atoms with Gasteiger partial charge in [0.05, 0.1) is 18.5 Å². The summed E-state index contributed by atoms with van der Waals surface area (Å²) in [7, 11) is 1.53. The molecule has 0 unspecified atom stereocenters. The van der Waals surface area contributed by atoms with Crippen molar-refractivity contribution in [1.29, 1.82) is 0 Å². The number of carbonyl (C=O) groups is 3. The van der Waals surface area contributed by atoms with Crippen molar-refractivity contribution in [3.05, 3.63) is 18.2 Å². The second-order valence-corrected chi connectivity index (χ2v) is 6.34. The molecule has 1 fully saturated rings. The van der Waals surface area contributed by atoms with Crippen LogP contribution in [0.5, 0.6) is 5.75 Å². The maximum absolute atomic E-state index is 12.2. The van der Waals surface area contributed by atoms with Crippen molar-refractivity contribution in [2.24, 2.45) is 5.92 Å². The third-order valence-electron chi connectivity index (χ3n) is 4.06. The maximum Gasteiger partial charge on any atom is 0.226 e. The van der Waals surface area contributed by atoms with E-state index in [1.54, 1.807) is 36.9 Å². The van der Waals surface area contributed by atoms with Crippen molar-refractivity contribution in [2.75, 3.05) is 30.8 Å². The Morgan fingerprint density at radius 1 is 1.24 bits per heavy atom. The third-order valence-corrected chi connectivity index (χ3v) is 4.06. The predicted molar refractivity (Wildman–Crippen MR) is 95.5 cm³/mol.